The van der Waals surface area contributed by atoms with Crippen LogP contribution in [-0.2, 0) is 12.8 Å². The van der Waals surface area contributed by atoms with Crippen molar-refractivity contribution in [2.24, 2.45) is 7.05 Å². The van der Waals surface area contributed by atoms with Crippen LogP contribution in [0, 0.1) is 0 Å². The van der Waals surface area contributed by atoms with Crippen LogP contribution >= 0.6 is 35.0 Å². The summed E-state index contributed by atoms with van der Waals surface area (Å²) in [5, 5.41) is 2.44. The van der Waals surface area contributed by atoms with Gasteiger partial charge in [-0.3, -0.25) is 0 Å². The standard InChI is InChI=1S/C13H12Cl2NS/c1-16-7-3-2-4-13(16)17-9-10-5-6-11(14)12(15)8-10/h2-8H,9H2,1H3/q+1. The van der Waals surface area contributed by atoms with Gasteiger partial charge in [-0.05, 0) is 23.8 Å². The third-order valence-corrected chi connectivity index (χ3v) is 4.31. The fraction of sp³-hybridized carbons (Fsp3) is 0.154. The molecular weight excluding hydrogens is 273 g/mol. The van der Waals surface area contributed by atoms with E-state index in [0.717, 1.165) is 5.75 Å². The molecule has 1 aromatic carbocycles. The smallest absolute Gasteiger partial charge is 0.196 e. The first-order valence-electron chi connectivity index (χ1n) is 5.18. The van der Waals surface area contributed by atoms with Crippen LogP contribution in [0.4, 0.5) is 0 Å². The van der Waals surface area contributed by atoms with Crippen LogP contribution in [0.25, 0.3) is 0 Å². The first-order valence-corrected chi connectivity index (χ1v) is 6.92. The van der Waals surface area contributed by atoms with Gasteiger partial charge in [0.15, 0.2) is 6.20 Å². The Labute approximate surface area is 115 Å². The summed E-state index contributed by atoms with van der Waals surface area (Å²) in [5.41, 5.74) is 1.17. The molecule has 0 unspecified atom stereocenters. The number of thioether (sulfide) groups is 1. The first-order chi connectivity index (χ1) is 8.16. The maximum atomic E-state index is 5.98. The minimum absolute atomic E-state index is 0.602. The van der Waals surface area contributed by atoms with E-state index in [-0.39, 0.29) is 0 Å². The zero-order chi connectivity index (χ0) is 12.3. The summed E-state index contributed by atoms with van der Waals surface area (Å²) < 4.78 is 2.10. The van der Waals surface area contributed by atoms with Gasteiger partial charge in [0.05, 0.1) is 10.0 Å². The molecule has 2 aromatic rings. The van der Waals surface area contributed by atoms with Crippen LogP contribution in [-0.4, -0.2) is 0 Å². The van der Waals surface area contributed by atoms with Gasteiger partial charge in [0.2, 0.25) is 5.03 Å². The summed E-state index contributed by atoms with van der Waals surface area (Å²) in [6.45, 7) is 0. The van der Waals surface area contributed by atoms with E-state index in [2.05, 4.69) is 10.6 Å². The molecule has 0 saturated carbocycles. The van der Waals surface area contributed by atoms with Crippen molar-refractivity contribution >= 4 is 35.0 Å². The van der Waals surface area contributed by atoms with Crippen molar-refractivity contribution in [2.45, 2.75) is 10.8 Å². The molecule has 0 N–H and O–H groups in total. The number of halogens is 2. The highest BCUT2D eigenvalue weighted by Gasteiger charge is 2.06. The number of rotatable bonds is 3. The van der Waals surface area contributed by atoms with E-state index in [0.29, 0.717) is 10.0 Å². The molecule has 0 saturated heterocycles. The molecule has 88 valence electrons. The topological polar surface area (TPSA) is 3.88 Å². The number of pyridine rings is 1. The zero-order valence-corrected chi connectivity index (χ0v) is 11.7. The molecule has 0 amide bonds. The lowest BCUT2D eigenvalue weighted by Crippen LogP contribution is -2.29. The van der Waals surface area contributed by atoms with Crippen molar-refractivity contribution < 1.29 is 4.57 Å². The number of hydrogen-bond donors (Lipinski definition) is 0. The molecule has 0 aliphatic carbocycles. The van der Waals surface area contributed by atoms with E-state index in [1.807, 2.05) is 43.6 Å². The van der Waals surface area contributed by atoms with Gasteiger partial charge in [-0.15, -0.1) is 0 Å². The van der Waals surface area contributed by atoms with Gasteiger partial charge in [-0.25, -0.2) is 0 Å². The Morgan fingerprint density at radius 3 is 2.65 bits per heavy atom. The Morgan fingerprint density at radius 2 is 1.94 bits per heavy atom. The molecule has 1 nitrogen and oxygen atoms in total. The fourth-order valence-electron chi connectivity index (χ4n) is 1.44. The summed E-state index contributed by atoms with van der Waals surface area (Å²) in [4.78, 5) is 0. The van der Waals surface area contributed by atoms with Gasteiger partial charge >= 0.3 is 0 Å². The van der Waals surface area contributed by atoms with Crippen molar-refractivity contribution in [3.05, 3.63) is 58.2 Å². The van der Waals surface area contributed by atoms with Gasteiger partial charge in [0.25, 0.3) is 0 Å². The Hall–Kier alpha value is -0.700. The predicted molar refractivity (Wildman–Crippen MR) is 73.6 cm³/mol. The number of benzene rings is 1. The van der Waals surface area contributed by atoms with E-state index in [1.54, 1.807) is 11.8 Å². The van der Waals surface area contributed by atoms with E-state index >= 15 is 0 Å². The second-order valence-corrected chi connectivity index (χ2v) is 5.50. The van der Waals surface area contributed by atoms with Crippen LogP contribution in [0.5, 0.6) is 0 Å². The summed E-state index contributed by atoms with van der Waals surface area (Å²) in [5.74, 6) is 0.884. The monoisotopic (exact) mass is 284 g/mol. The Kier molecular flexibility index (Phi) is 4.32. The van der Waals surface area contributed by atoms with Crippen LogP contribution in [0.3, 0.4) is 0 Å². The highest BCUT2D eigenvalue weighted by molar-refractivity contribution is 7.98. The third kappa shape index (κ3) is 3.38. The highest BCUT2D eigenvalue weighted by Crippen LogP contribution is 2.26. The van der Waals surface area contributed by atoms with Crippen molar-refractivity contribution in [3.8, 4) is 0 Å². The van der Waals surface area contributed by atoms with E-state index in [4.69, 9.17) is 23.2 Å². The Balaban J connectivity index is 2.08. The molecule has 4 heteroatoms. The molecule has 2 rings (SSSR count). The van der Waals surface area contributed by atoms with Crippen molar-refractivity contribution in [1.29, 1.82) is 0 Å². The third-order valence-electron chi connectivity index (χ3n) is 2.38. The van der Waals surface area contributed by atoms with E-state index in [1.165, 1.54) is 10.6 Å². The fourth-order valence-corrected chi connectivity index (χ4v) is 2.70. The van der Waals surface area contributed by atoms with Crippen molar-refractivity contribution in [1.82, 2.24) is 0 Å². The molecule has 0 aliphatic rings. The maximum absolute atomic E-state index is 5.98. The molecule has 17 heavy (non-hydrogen) atoms. The summed E-state index contributed by atoms with van der Waals surface area (Å²) in [6, 6.07) is 11.9. The lowest BCUT2D eigenvalue weighted by atomic mass is 10.2. The normalized spacial score (nSPS) is 10.5. The van der Waals surface area contributed by atoms with Gasteiger partial charge in [0.1, 0.15) is 7.05 Å². The minimum Gasteiger partial charge on any atom is -0.196 e. The molecule has 0 atom stereocenters. The van der Waals surface area contributed by atoms with E-state index < -0.39 is 0 Å². The molecule has 0 spiro atoms. The minimum atomic E-state index is 0.602. The first kappa shape index (κ1) is 12.7. The van der Waals surface area contributed by atoms with Crippen LogP contribution in [0.1, 0.15) is 5.56 Å². The molecule has 1 aromatic heterocycles. The number of aryl methyl sites for hydroxylation is 1. The second kappa shape index (κ2) is 5.76. The molecule has 1 heterocycles. The van der Waals surface area contributed by atoms with Crippen LogP contribution in [0.2, 0.25) is 10.0 Å². The Morgan fingerprint density at radius 1 is 1.12 bits per heavy atom. The lowest BCUT2D eigenvalue weighted by Gasteiger charge is -2.02. The number of nitrogens with zero attached hydrogens (tertiary/aromatic N) is 1. The lowest BCUT2D eigenvalue weighted by molar-refractivity contribution is -0.708. The summed E-state index contributed by atoms with van der Waals surface area (Å²) in [7, 11) is 2.04. The van der Waals surface area contributed by atoms with Gasteiger partial charge in [-0.2, -0.15) is 4.57 Å². The quantitative estimate of drug-likeness (QED) is 0.606. The molecule has 0 bridgehead atoms. The average molecular weight is 285 g/mol. The van der Waals surface area contributed by atoms with Gasteiger partial charge < -0.3 is 0 Å². The van der Waals surface area contributed by atoms with Crippen LogP contribution in [0.15, 0.2) is 47.6 Å². The highest BCUT2D eigenvalue weighted by atomic mass is 35.5. The Bertz CT molecular complexity index is 529. The molecule has 0 radical (unpaired) electrons. The van der Waals surface area contributed by atoms with Gasteiger partial charge in [-0.1, -0.05) is 41.0 Å². The summed E-state index contributed by atoms with van der Waals surface area (Å²) in [6.07, 6.45) is 2.04. The average Bonchev–Trinajstić information content (AvgIpc) is 2.32. The van der Waals surface area contributed by atoms with E-state index in [9.17, 15) is 0 Å². The molecule has 0 aliphatic heterocycles. The number of hydrogen-bond acceptors (Lipinski definition) is 1. The largest absolute Gasteiger partial charge is 0.240 e. The van der Waals surface area contributed by atoms with Gasteiger partial charge in [0, 0.05) is 17.9 Å². The second-order valence-electron chi connectivity index (χ2n) is 3.69. The molecule has 0 fully saturated rings. The zero-order valence-electron chi connectivity index (χ0n) is 9.36. The summed E-state index contributed by atoms with van der Waals surface area (Å²) >= 11 is 13.6. The SMILES string of the molecule is C[n+]1ccccc1SCc1ccc(Cl)c(Cl)c1. The maximum Gasteiger partial charge on any atom is 0.240 e. The number of aromatic nitrogens is 1. The van der Waals surface area contributed by atoms with Crippen molar-refractivity contribution in [3.63, 3.8) is 0 Å². The van der Waals surface area contributed by atoms with Crippen molar-refractivity contribution in [2.75, 3.05) is 0 Å². The molecular formula is C13H12Cl2NS+. The predicted octanol–water partition coefficient (Wildman–Crippen LogP) is 4.11. The van der Waals surface area contributed by atoms with Crippen LogP contribution < -0.4 is 4.57 Å².